The molecule has 11 rings (SSSR count). The Morgan fingerprint density at radius 1 is 0.632 bits per heavy atom. The van der Waals surface area contributed by atoms with Gasteiger partial charge in [0, 0.05) is 38.8 Å². The van der Waals surface area contributed by atoms with Gasteiger partial charge in [-0.05, 0) is 118 Å². The summed E-state index contributed by atoms with van der Waals surface area (Å²) in [5.74, 6) is 0. The van der Waals surface area contributed by atoms with Gasteiger partial charge in [-0.2, -0.15) is 0 Å². The van der Waals surface area contributed by atoms with E-state index in [9.17, 15) is 0 Å². The molecule has 1 aromatic heterocycles. The number of hydrogen-bond acceptors (Lipinski definition) is 3. The van der Waals surface area contributed by atoms with Crippen molar-refractivity contribution in [3.05, 3.63) is 131 Å². The Balaban J connectivity index is 1.32. The number of aryl methyl sites for hydroxylation is 1. The van der Waals surface area contributed by atoms with Crippen LogP contribution in [-0.4, -0.2) is 12.4 Å². The quantitative estimate of drug-likeness (QED) is 0.164. The van der Waals surface area contributed by atoms with E-state index in [1.54, 1.807) is 5.56 Å². The first kappa shape index (κ1) is 35.0. The molecule has 2 atom stereocenters. The number of benzene rings is 6. The van der Waals surface area contributed by atoms with Crippen molar-refractivity contribution < 1.29 is 4.42 Å². The molecule has 284 valence electrons. The first-order valence-corrected chi connectivity index (χ1v) is 21.3. The van der Waals surface area contributed by atoms with E-state index in [0.29, 0.717) is 0 Å². The third kappa shape index (κ3) is 4.62. The lowest BCUT2D eigenvalue weighted by molar-refractivity contribution is 0.199. The number of para-hydroxylation sites is 1. The zero-order valence-electron chi connectivity index (χ0n) is 35.1. The molecule has 4 heterocycles. The highest BCUT2D eigenvalue weighted by atomic mass is 16.3. The van der Waals surface area contributed by atoms with Gasteiger partial charge in [0.2, 0.25) is 0 Å². The summed E-state index contributed by atoms with van der Waals surface area (Å²) >= 11 is 0. The predicted molar refractivity (Wildman–Crippen MR) is 243 cm³/mol. The maximum atomic E-state index is 6.75. The van der Waals surface area contributed by atoms with Gasteiger partial charge >= 0.3 is 6.85 Å². The van der Waals surface area contributed by atoms with Crippen molar-refractivity contribution in [1.29, 1.82) is 0 Å². The van der Waals surface area contributed by atoms with Gasteiger partial charge in [0.25, 0.3) is 0 Å². The monoisotopic (exact) mass is 744 g/mol. The van der Waals surface area contributed by atoms with Crippen LogP contribution in [0, 0.1) is 6.92 Å². The van der Waals surface area contributed by atoms with Crippen LogP contribution < -0.4 is 20.6 Å². The highest BCUT2D eigenvalue weighted by Crippen LogP contribution is 2.64. The Morgan fingerprint density at radius 2 is 1.35 bits per heavy atom. The summed E-state index contributed by atoms with van der Waals surface area (Å²) < 4.78 is 6.75. The van der Waals surface area contributed by atoms with Gasteiger partial charge in [0.15, 0.2) is 0 Å². The minimum absolute atomic E-state index is 0.00644. The van der Waals surface area contributed by atoms with E-state index >= 15 is 0 Å². The Bertz CT molecular complexity index is 2840. The minimum Gasteiger partial charge on any atom is -0.456 e. The zero-order chi connectivity index (χ0) is 39.4. The van der Waals surface area contributed by atoms with Crippen molar-refractivity contribution in [2.75, 3.05) is 9.71 Å². The summed E-state index contributed by atoms with van der Waals surface area (Å²) in [6.45, 7) is 21.7. The number of fused-ring (bicyclic) bond motifs is 11. The molecule has 1 aliphatic carbocycles. The van der Waals surface area contributed by atoms with Crippen LogP contribution in [0.5, 0.6) is 0 Å². The maximum Gasteiger partial charge on any atom is 0.328 e. The van der Waals surface area contributed by atoms with Crippen LogP contribution in [0.15, 0.2) is 114 Å². The van der Waals surface area contributed by atoms with E-state index < -0.39 is 0 Å². The summed E-state index contributed by atoms with van der Waals surface area (Å²) in [5, 5.41) is 2.36. The Morgan fingerprint density at radius 3 is 2.12 bits per heavy atom. The Labute approximate surface area is 338 Å². The third-order valence-electron chi connectivity index (χ3n) is 14.7. The number of hydrogen-bond donors (Lipinski definition) is 0. The van der Waals surface area contributed by atoms with Crippen LogP contribution >= 0.6 is 0 Å². The Kier molecular flexibility index (Phi) is 7.04. The number of rotatable bonds is 2. The average molecular weight is 745 g/mol. The van der Waals surface area contributed by atoms with Gasteiger partial charge in [0.05, 0.1) is 16.8 Å². The van der Waals surface area contributed by atoms with Gasteiger partial charge in [-0.3, -0.25) is 0 Å². The molecule has 1 fully saturated rings. The van der Waals surface area contributed by atoms with Crippen LogP contribution in [0.3, 0.4) is 0 Å². The second kappa shape index (κ2) is 11.5. The molecular weight excluding hydrogens is 691 g/mol. The summed E-state index contributed by atoms with van der Waals surface area (Å²) in [6.07, 6.45) is 4.91. The fraction of sp³-hybridized carbons (Fsp3) is 0.321. The number of furan rings is 1. The molecule has 0 amide bonds. The molecule has 1 saturated carbocycles. The fourth-order valence-corrected chi connectivity index (χ4v) is 11.5. The lowest BCUT2D eigenvalue weighted by Gasteiger charge is -2.55. The van der Waals surface area contributed by atoms with Crippen molar-refractivity contribution >= 4 is 62.5 Å². The third-order valence-corrected chi connectivity index (χ3v) is 14.7. The molecule has 0 bridgehead atoms. The smallest absolute Gasteiger partial charge is 0.328 e. The standard InChI is InChI=1S/C53H53BN2O/c1-32-27-38-39-30-35(51(5,6)7)31-40-48(39)56(53(9)26-16-15-25-52(40,53)8)54-41-22-24-45-46(36-19-13-14-20-44(36)57-45)49(41)55(43(28-32)47(38)54)42-23-21-34(50(2,3)4)29-37(42)33-17-11-10-12-18-33/h10-14,17-24,27-31H,15-16,25-26H2,1-9H3/t52?,53-/m1/s1. The molecule has 0 saturated heterocycles. The first-order valence-electron chi connectivity index (χ1n) is 21.3. The first-order chi connectivity index (χ1) is 27.2. The zero-order valence-corrected chi connectivity index (χ0v) is 35.1. The van der Waals surface area contributed by atoms with Gasteiger partial charge in [-0.15, -0.1) is 0 Å². The average Bonchev–Trinajstić information content (AvgIpc) is 3.66. The van der Waals surface area contributed by atoms with E-state index in [0.717, 1.165) is 11.2 Å². The predicted octanol–water partition coefficient (Wildman–Crippen LogP) is 13.1. The van der Waals surface area contributed by atoms with Crippen LogP contribution in [-0.2, 0) is 16.2 Å². The second-order valence-electron chi connectivity index (χ2n) is 20.2. The molecule has 3 nitrogen and oxygen atoms in total. The highest BCUT2D eigenvalue weighted by Gasteiger charge is 2.63. The summed E-state index contributed by atoms with van der Waals surface area (Å²) in [6, 6.07) is 41.8. The van der Waals surface area contributed by atoms with Crippen LogP contribution in [0.2, 0.25) is 0 Å². The summed E-state index contributed by atoms with van der Waals surface area (Å²) in [7, 11) is 0. The van der Waals surface area contributed by atoms with Crippen molar-refractivity contribution in [3.63, 3.8) is 0 Å². The molecule has 0 radical (unpaired) electrons. The normalized spacial score (nSPS) is 20.8. The van der Waals surface area contributed by atoms with E-state index in [4.69, 9.17) is 4.42 Å². The molecular formula is C53H53BN2O. The fourth-order valence-electron chi connectivity index (χ4n) is 11.5. The SMILES string of the molecule is Cc1cc2c3c(c1)N(c1ccc(C(C)(C)C)cc1-c1ccccc1)c1c(ccc4oc5ccccc5c14)B3N1c3c-2cc(C(C)(C)C)cc3C2(C)CCCC[C@@]12C. The molecule has 1 unspecified atom stereocenters. The molecule has 7 aromatic rings. The maximum absolute atomic E-state index is 6.75. The molecule has 4 aliphatic rings. The topological polar surface area (TPSA) is 19.6 Å². The van der Waals surface area contributed by atoms with Crippen LogP contribution in [0.1, 0.15) is 103 Å². The van der Waals surface area contributed by atoms with Gasteiger partial charge in [-0.25, -0.2) is 0 Å². The van der Waals surface area contributed by atoms with Crippen LogP contribution in [0.4, 0.5) is 22.7 Å². The largest absolute Gasteiger partial charge is 0.456 e. The van der Waals surface area contributed by atoms with E-state index in [1.165, 1.54) is 109 Å². The summed E-state index contributed by atoms with van der Waals surface area (Å²) in [5.41, 5.74) is 20.7. The van der Waals surface area contributed by atoms with Gasteiger partial charge in [0.1, 0.15) is 11.2 Å². The lowest BCUT2D eigenvalue weighted by Crippen LogP contribution is -2.70. The molecule has 0 spiro atoms. The van der Waals surface area contributed by atoms with Crippen molar-refractivity contribution in [2.24, 2.45) is 0 Å². The number of nitrogens with zero attached hydrogens (tertiary/aromatic N) is 2. The van der Waals surface area contributed by atoms with Crippen molar-refractivity contribution in [3.8, 4) is 22.3 Å². The molecule has 6 aromatic carbocycles. The van der Waals surface area contributed by atoms with Gasteiger partial charge in [-0.1, -0.05) is 134 Å². The summed E-state index contributed by atoms with van der Waals surface area (Å²) in [4.78, 5) is 5.60. The molecule has 4 heteroatoms. The van der Waals surface area contributed by atoms with E-state index in [-0.39, 0.29) is 28.6 Å². The number of anilines is 4. The molecule has 3 aliphatic heterocycles. The minimum atomic E-state index is -0.0558. The molecule has 57 heavy (non-hydrogen) atoms. The van der Waals surface area contributed by atoms with E-state index in [2.05, 4.69) is 181 Å². The lowest BCUT2D eigenvalue weighted by atomic mass is 9.42. The second-order valence-corrected chi connectivity index (χ2v) is 20.2. The van der Waals surface area contributed by atoms with Crippen LogP contribution in [0.25, 0.3) is 44.2 Å². The molecule has 0 N–H and O–H groups in total. The Hall–Kier alpha value is -5.22. The highest BCUT2D eigenvalue weighted by molar-refractivity contribution is 6.93. The van der Waals surface area contributed by atoms with Crippen molar-refractivity contribution in [1.82, 2.24) is 0 Å². The van der Waals surface area contributed by atoms with Gasteiger partial charge < -0.3 is 14.1 Å². The van der Waals surface area contributed by atoms with E-state index in [1.807, 2.05) is 0 Å². The van der Waals surface area contributed by atoms with Crippen molar-refractivity contribution in [2.45, 2.75) is 110 Å².